The molecular formula is C18H19NO2S. The SMILES string of the molecule is Cc1ccc(S(=O)(=O)NC2CCC=C2c2ccccc2)cc1. The highest BCUT2D eigenvalue weighted by molar-refractivity contribution is 7.89. The molecule has 1 atom stereocenters. The van der Waals surface area contributed by atoms with Gasteiger partial charge in [0.25, 0.3) is 0 Å². The third-order valence-corrected chi connectivity index (χ3v) is 5.42. The molecule has 114 valence electrons. The molecule has 0 bridgehead atoms. The molecule has 0 saturated heterocycles. The lowest BCUT2D eigenvalue weighted by Gasteiger charge is -2.17. The normalized spacial score (nSPS) is 18.2. The van der Waals surface area contributed by atoms with Crippen molar-refractivity contribution >= 4 is 15.6 Å². The summed E-state index contributed by atoms with van der Waals surface area (Å²) in [5.74, 6) is 0. The summed E-state index contributed by atoms with van der Waals surface area (Å²) in [6, 6.07) is 16.7. The fourth-order valence-electron chi connectivity index (χ4n) is 2.75. The highest BCUT2D eigenvalue weighted by Crippen LogP contribution is 2.29. The molecule has 1 unspecified atom stereocenters. The zero-order chi connectivity index (χ0) is 15.6. The maximum absolute atomic E-state index is 12.5. The first-order valence-corrected chi connectivity index (χ1v) is 8.89. The first-order valence-electron chi connectivity index (χ1n) is 7.41. The lowest BCUT2D eigenvalue weighted by atomic mass is 10.0. The quantitative estimate of drug-likeness (QED) is 0.938. The second-order valence-corrected chi connectivity index (χ2v) is 7.30. The molecule has 2 aromatic carbocycles. The van der Waals surface area contributed by atoms with Crippen molar-refractivity contribution in [1.82, 2.24) is 4.72 Å². The van der Waals surface area contributed by atoms with E-state index in [1.165, 1.54) is 0 Å². The van der Waals surface area contributed by atoms with E-state index >= 15 is 0 Å². The van der Waals surface area contributed by atoms with Gasteiger partial charge in [-0.05, 0) is 43.0 Å². The van der Waals surface area contributed by atoms with E-state index in [1.807, 2.05) is 49.4 Å². The van der Waals surface area contributed by atoms with Gasteiger partial charge in [0.05, 0.1) is 4.90 Å². The molecule has 0 amide bonds. The molecule has 4 heteroatoms. The van der Waals surface area contributed by atoms with Crippen LogP contribution in [0.15, 0.2) is 65.6 Å². The van der Waals surface area contributed by atoms with Gasteiger partial charge in [0, 0.05) is 6.04 Å². The summed E-state index contributed by atoms with van der Waals surface area (Å²) in [5.41, 5.74) is 3.19. The molecule has 3 nitrogen and oxygen atoms in total. The van der Waals surface area contributed by atoms with E-state index < -0.39 is 10.0 Å². The van der Waals surface area contributed by atoms with E-state index in [1.54, 1.807) is 12.1 Å². The smallest absolute Gasteiger partial charge is 0.207 e. The first-order chi connectivity index (χ1) is 10.6. The molecule has 1 aliphatic rings. The van der Waals surface area contributed by atoms with Crippen molar-refractivity contribution in [2.45, 2.75) is 30.7 Å². The molecule has 0 fully saturated rings. The van der Waals surface area contributed by atoms with Crippen molar-refractivity contribution in [3.63, 3.8) is 0 Å². The van der Waals surface area contributed by atoms with Gasteiger partial charge >= 0.3 is 0 Å². The lowest BCUT2D eigenvalue weighted by molar-refractivity contribution is 0.570. The Hall–Kier alpha value is -1.91. The van der Waals surface area contributed by atoms with Crippen LogP contribution in [0.5, 0.6) is 0 Å². The van der Waals surface area contributed by atoms with E-state index in [2.05, 4.69) is 10.8 Å². The Bertz CT molecular complexity index is 778. The van der Waals surface area contributed by atoms with Crippen molar-refractivity contribution in [2.75, 3.05) is 0 Å². The van der Waals surface area contributed by atoms with Crippen LogP contribution in [-0.4, -0.2) is 14.5 Å². The van der Waals surface area contributed by atoms with Gasteiger partial charge in [-0.25, -0.2) is 13.1 Å². The number of allylic oxidation sites excluding steroid dienone is 1. The van der Waals surface area contributed by atoms with Crippen LogP contribution < -0.4 is 4.72 Å². The van der Waals surface area contributed by atoms with Crippen LogP contribution in [0.25, 0.3) is 5.57 Å². The summed E-state index contributed by atoms with van der Waals surface area (Å²) in [6.07, 6.45) is 3.82. The number of rotatable bonds is 4. The van der Waals surface area contributed by atoms with Gasteiger partial charge in [0.15, 0.2) is 0 Å². The van der Waals surface area contributed by atoms with Crippen molar-refractivity contribution in [3.8, 4) is 0 Å². The van der Waals surface area contributed by atoms with Gasteiger partial charge in [0.1, 0.15) is 0 Å². The number of sulfonamides is 1. The van der Waals surface area contributed by atoms with Gasteiger partial charge in [-0.3, -0.25) is 0 Å². The Morgan fingerprint density at radius 3 is 2.36 bits per heavy atom. The molecule has 1 aliphatic carbocycles. The molecule has 22 heavy (non-hydrogen) atoms. The largest absolute Gasteiger partial charge is 0.241 e. The van der Waals surface area contributed by atoms with Gasteiger partial charge in [-0.2, -0.15) is 0 Å². The molecule has 0 spiro atoms. The Labute approximate surface area is 131 Å². The second-order valence-electron chi connectivity index (χ2n) is 5.59. The van der Waals surface area contributed by atoms with Gasteiger partial charge in [0.2, 0.25) is 10.0 Å². The summed E-state index contributed by atoms with van der Waals surface area (Å²) in [4.78, 5) is 0.317. The molecule has 0 radical (unpaired) electrons. The number of nitrogens with one attached hydrogen (secondary N) is 1. The highest BCUT2D eigenvalue weighted by Gasteiger charge is 2.26. The average molecular weight is 313 g/mol. The summed E-state index contributed by atoms with van der Waals surface area (Å²) < 4.78 is 27.9. The van der Waals surface area contributed by atoms with Crippen LogP contribution in [0.3, 0.4) is 0 Å². The standard InChI is InChI=1S/C18H19NO2S/c1-14-10-12-16(13-11-14)22(20,21)19-18-9-5-8-17(18)15-6-3-2-4-7-15/h2-4,6-8,10-13,18-19H,5,9H2,1H3. The second kappa shape index (κ2) is 6.07. The predicted octanol–water partition coefficient (Wildman–Crippen LogP) is 3.52. The number of hydrogen-bond acceptors (Lipinski definition) is 2. The van der Waals surface area contributed by atoms with E-state index in [-0.39, 0.29) is 6.04 Å². The number of aryl methyl sites for hydroxylation is 1. The van der Waals surface area contributed by atoms with Crippen LogP contribution in [0, 0.1) is 6.92 Å². The van der Waals surface area contributed by atoms with Crippen LogP contribution >= 0.6 is 0 Å². The van der Waals surface area contributed by atoms with E-state index in [9.17, 15) is 8.42 Å². The summed E-state index contributed by atoms with van der Waals surface area (Å²) in [7, 11) is -3.49. The molecular weight excluding hydrogens is 294 g/mol. The van der Waals surface area contributed by atoms with Crippen LogP contribution in [0.4, 0.5) is 0 Å². The molecule has 1 N–H and O–H groups in total. The zero-order valence-corrected chi connectivity index (χ0v) is 13.3. The molecule has 0 heterocycles. The first kappa shape index (κ1) is 15.0. The fraction of sp³-hybridized carbons (Fsp3) is 0.222. The minimum Gasteiger partial charge on any atom is -0.207 e. The van der Waals surface area contributed by atoms with Gasteiger partial charge in [-0.1, -0.05) is 54.1 Å². The summed E-state index contributed by atoms with van der Waals surface area (Å²) in [6.45, 7) is 1.94. The van der Waals surface area contributed by atoms with Gasteiger partial charge in [-0.15, -0.1) is 0 Å². The Balaban J connectivity index is 1.83. The zero-order valence-electron chi connectivity index (χ0n) is 12.5. The maximum Gasteiger partial charge on any atom is 0.241 e. The minimum absolute atomic E-state index is 0.159. The minimum atomic E-state index is -3.49. The average Bonchev–Trinajstić information content (AvgIpc) is 2.96. The van der Waals surface area contributed by atoms with E-state index in [4.69, 9.17) is 0 Å². The highest BCUT2D eigenvalue weighted by atomic mass is 32.2. The molecule has 0 aromatic heterocycles. The number of benzene rings is 2. The topological polar surface area (TPSA) is 46.2 Å². The van der Waals surface area contributed by atoms with Crippen molar-refractivity contribution in [3.05, 3.63) is 71.8 Å². The third-order valence-electron chi connectivity index (χ3n) is 3.93. The fourth-order valence-corrected chi connectivity index (χ4v) is 4.00. The summed E-state index contributed by atoms with van der Waals surface area (Å²) >= 11 is 0. The molecule has 2 aromatic rings. The van der Waals surface area contributed by atoms with Crippen molar-refractivity contribution < 1.29 is 8.42 Å². The van der Waals surface area contributed by atoms with Crippen LogP contribution in [-0.2, 0) is 10.0 Å². The Morgan fingerprint density at radius 1 is 1.00 bits per heavy atom. The van der Waals surface area contributed by atoms with Gasteiger partial charge < -0.3 is 0 Å². The van der Waals surface area contributed by atoms with Crippen molar-refractivity contribution in [2.24, 2.45) is 0 Å². The lowest BCUT2D eigenvalue weighted by Crippen LogP contribution is -2.34. The van der Waals surface area contributed by atoms with E-state index in [0.29, 0.717) is 4.90 Å². The molecule has 0 aliphatic heterocycles. The van der Waals surface area contributed by atoms with E-state index in [0.717, 1.165) is 29.5 Å². The Morgan fingerprint density at radius 2 is 1.68 bits per heavy atom. The number of hydrogen-bond donors (Lipinski definition) is 1. The third kappa shape index (κ3) is 3.13. The molecule has 3 rings (SSSR count). The summed E-state index contributed by atoms with van der Waals surface area (Å²) in [5, 5.41) is 0. The van der Waals surface area contributed by atoms with Crippen molar-refractivity contribution in [1.29, 1.82) is 0 Å². The monoisotopic (exact) mass is 313 g/mol. The molecule has 0 saturated carbocycles. The maximum atomic E-state index is 12.5. The van der Waals surface area contributed by atoms with Crippen LogP contribution in [0.1, 0.15) is 24.0 Å². The van der Waals surface area contributed by atoms with Crippen LogP contribution in [0.2, 0.25) is 0 Å². The Kier molecular flexibility index (Phi) is 4.14. The predicted molar refractivity (Wildman–Crippen MR) is 88.9 cm³/mol.